The number of likely N-dealkylation sites (N-methyl/N-ethyl adjacent to an activating group) is 1. The molecule has 0 aromatic carbocycles. The van der Waals surface area contributed by atoms with Crippen LogP contribution in [0.2, 0.25) is 0 Å². The van der Waals surface area contributed by atoms with Gasteiger partial charge in [0.25, 0.3) is 0 Å². The molecular weight excluding hydrogens is 233 g/mol. The van der Waals surface area contributed by atoms with Crippen LogP contribution >= 0.6 is 12.6 Å². The summed E-state index contributed by atoms with van der Waals surface area (Å²) in [6.45, 7) is 9.56. The van der Waals surface area contributed by atoms with Crippen molar-refractivity contribution in [2.24, 2.45) is 5.92 Å². The quantitative estimate of drug-likeness (QED) is 0.594. The number of carbonyl (C=O) groups is 1. The molecule has 0 amide bonds. The van der Waals surface area contributed by atoms with Crippen LogP contribution in [0, 0.1) is 12.8 Å². The second kappa shape index (κ2) is 13.6. The van der Waals surface area contributed by atoms with Gasteiger partial charge in [-0.1, -0.05) is 20.3 Å². The fourth-order valence-corrected chi connectivity index (χ4v) is 0.863. The van der Waals surface area contributed by atoms with Crippen molar-refractivity contribution >= 4 is 18.4 Å². The molecule has 2 atom stereocenters. The third-order valence-corrected chi connectivity index (χ3v) is 2.08. The predicted octanol–water partition coefficient (Wildman–Crippen LogP) is 1.96. The minimum atomic E-state index is -0.0710. The zero-order chi connectivity index (χ0) is 10.9. The molecular formula is C10H22NOSV-. The van der Waals surface area contributed by atoms with E-state index in [1.807, 2.05) is 0 Å². The van der Waals surface area contributed by atoms with Crippen LogP contribution in [-0.4, -0.2) is 24.6 Å². The number of hydrogen-bond donors (Lipinski definition) is 2. The molecule has 2 nitrogen and oxygen atoms in total. The van der Waals surface area contributed by atoms with Gasteiger partial charge in [0.2, 0.25) is 0 Å². The molecule has 0 bridgehead atoms. The monoisotopic (exact) mass is 255 g/mol. The van der Waals surface area contributed by atoms with Crippen LogP contribution in [0.25, 0.3) is 0 Å². The first-order chi connectivity index (χ1) is 5.99. The molecule has 0 saturated heterocycles. The first-order valence-corrected chi connectivity index (χ1v) is 5.24. The average Bonchev–Trinajstić information content (AvgIpc) is 2.07. The maximum Gasteiger partial charge on any atom is 0.147 e. The van der Waals surface area contributed by atoms with Crippen molar-refractivity contribution in [2.45, 2.75) is 33.2 Å². The topological polar surface area (TPSA) is 29.1 Å². The van der Waals surface area contributed by atoms with Gasteiger partial charge in [0, 0.05) is 24.3 Å². The van der Waals surface area contributed by atoms with E-state index in [-0.39, 0.29) is 30.4 Å². The molecule has 0 aliphatic rings. The Labute approximate surface area is 106 Å². The first kappa shape index (κ1) is 20.0. The molecule has 4 heteroatoms. The van der Waals surface area contributed by atoms with Gasteiger partial charge in [0.05, 0.1) is 6.04 Å². The zero-order valence-electron chi connectivity index (χ0n) is 9.58. The molecule has 14 heavy (non-hydrogen) atoms. The van der Waals surface area contributed by atoms with Crippen LogP contribution in [0.4, 0.5) is 0 Å². The Kier molecular flexibility index (Phi) is 19.4. The van der Waals surface area contributed by atoms with Crippen LogP contribution in [0.1, 0.15) is 27.2 Å². The Morgan fingerprint density at radius 1 is 1.57 bits per heavy atom. The molecule has 85 valence electrons. The number of ketones is 1. The van der Waals surface area contributed by atoms with Crippen molar-refractivity contribution in [1.29, 1.82) is 0 Å². The van der Waals surface area contributed by atoms with Gasteiger partial charge in [0.1, 0.15) is 5.78 Å². The van der Waals surface area contributed by atoms with E-state index < -0.39 is 0 Å². The molecule has 0 aromatic heterocycles. The molecule has 1 N–H and O–H groups in total. The maximum absolute atomic E-state index is 10.5. The minimum absolute atomic E-state index is 0. The molecule has 0 saturated carbocycles. The Bertz CT molecular complexity index is 127. The average molecular weight is 255 g/mol. The van der Waals surface area contributed by atoms with Crippen LogP contribution < -0.4 is 5.32 Å². The summed E-state index contributed by atoms with van der Waals surface area (Å²) in [6, 6.07) is -0.0710. The van der Waals surface area contributed by atoms with Crippen LogP contribution in [0.15, 0.2) is 0 Å². The number of hydrogen-bond acceptors (Lipinski definition) is 3. The summed E-state index contributed by atoms with van der Waals surface area (Å²) in [7, 11) is 1.75. The molecule has 0 aliphatic heterocycles. The van der Waals surface area contributed by atoms with Crippen molar-refractivity contribution in [3.63, 3.8) is 0 Å². The van der Waals surface area contributed by atoms with Crippen LogP contribution in [0.5, 0.6) is 0 Å². The predicted molar refractivity (Wildman–Crippen MR) is 62.2 cm³/mol. The molecule has 0 fully saturated rings. The van der Waals surface area contributed by atoms with Crippen molar-refractivity contribution in [2.75, 3.05) is 12.8 Å². The van der Waals surface area contributed by atoms with E-state index in [1.165, 1.54) is 6.42 Å². The zero-order valence-corrected chi connectivity index (χ0v) is 11.9. The van der Waals surface area contributed by atoms with Crippen molar-refractivity contribution < 1.29 is 23.4 Å². The van der Waals surface area contributed by atoms with E-state index >= 15 is 0 Å². The van der Waals surface area contributed by atoms with Crippen LogP contribution in [-0.2, 0) is 23.4 Å². The summed E-state index contributed by atoms with van der Waals surface area (Å²) in [5, 5.41) is 2.83. The Hall–Kier alpha value is 0.564. The first-order valence-electron chi connectivity index (χ1n) is 4.61. The summed E-state index contributed by atoms with van der Waals surface area (Å²) in [4.78, 5) is 10.5. The van der Waals surface area contributed by atoms with Crippen molar-refractivity contribution in [3.8, 4) is 0 Å². The second-order valence-electron chi connectivity index (χ2n) is 3.15. The Morgan fingerprint density at radius 2 is 1.93 bits per heavy atom. The van der Waals surface area contributed by atoms with Gasteiger partial charge in [0.15, 0.2) is 0 Å². The van der Waals surface area contributed by atoms with E-state index in [0.29, 0.717) is 11.7 Å². The molecule has 0 heterocycles. The number of carbonyl (C=O) groups excluding carboxylic acids is 1. The van der Waals surface area contributed by atoms with Gasteiger partial charge in [-0.3, -0.25) is 4.79 Å². The summed E-state index contributed by atoms with van der Waals surface area (Å²) in [5.41, 5.74) is 0. The van der Waals surface area contributed by atoms with Gasteiger partial charge < -0.3 is 12.2 Å². The van der Waals surface area contributed by atoms with E-state index in [4.69, 9.17) is 0 Å². The standard InChI is InChI=1S/C5H11NOS.C5H11.V/c1-4(7)5(3-8)6-2;1-4-5(2)3;/h5-6,8H,3H2,1-2H3;5H,2,4H2,1,3H3;/q;-1;/t5-;;/m0../s1. The molecule has 1 radical (unpaired) electrons. The van der Waals surface area contributed by atoms with E-state index in [0.717, 1.165) is 0 Å². The largest absolute Gasteiger partial charge is 0.341 e. The fraction of sp³-hybridized carbons (Fsp3) is 0.800. The smallest absolute Gasteiger partial charge is 0.147 e. The number of rotatable bonds is 4. The number of thiol groups is 1. The summed E-state index contributed by atoms with van der Waals surface area (Å²) >= 11 is 3.95. The minimum Gasteiger partial charge on any atom is -0.341 e. The van der Waals surface area contributed by atoms with E-state index in [2.05, 4.69) is 38.7 Å². The van der Waals surface area contributed by atoms with E-state index in [9.17, 15) is 4.79 Å². The van der Waals surface area contributed by atoms with Crippen LogP contribution in [0.3, 0.4) is 0 Å². The van der Waals surface area contributed by atoms with Crippen molar-refractivity contribution in [1.82, 2.24) is 5.32 Å². The number of Topliss-reactive ketones (excluding diaryl/α,β-unsaturated/α-hetero) is 1. The van der Waals surface area contributed by atoms with Crippen molar-refractivity contribution in [3.05, 3.63) is 6.92 Å². The summed E-state index contributed by atoms with van der Waals surface area (Å²) in [6.07, 6.45) is 1.19. The molecule has 0 spiro atoms. The molecule has 0 rings (SSSR count). The second-order valence-corrected chi connectivity index (χ2v) is 3.51. The van der Waals surface area contributed by atoms with Gasteiger partial charge in [-0.15, -0.1) is 0 Å². The van der Waals surface area contributed by atoms with E-state index in [1.54, 1.807) is 14.0 Å². The van der Waals surface area contributed by atoms with Gasteiger partial charge >= 0.3 is 0 Å². The SMILES string of the molecule is CN[C@@H](CS)C(C)=O.[CH2-]C(C)CC.[V]. The molecule has 0 aromatic rings. The third-order valence-electron chi connectivity index (χ3n) is 1.72. The maximum atomic E-state index is 10.5. The summed E-state index contributed by atoms with van der Waals surface area (Å²) < 4.78 is 0. The fourth-order valence-electron chi connectivity index (χ4n) is 0.423. The van der Waals surface area contributed by atoms with Gasteiger partial charge in [-0.05, 0) is 14.0 Å². The van der Waals surface area contributed by atoms with Gasteiger partial charge in [-0.2, -0.15) is 18.5 Å². The Morgan fingerprint density at radius 3 is 1.93 bits per heavy atom. The normalized spacial score (nSPS) is 13.0. The molecule has 0 aliphatic carbocycles. The third kappa shape index (κ3) is 15.1. The number of nitrogens with one attached hydrogen (secondary N) is 1. The summed E-state index contributed by atoms with van der Waals surface area (Å²) in [5.74, 6) is 1.35. The van der Waals surface area contributed by atoms with Gasteiger partial charge in [-0.25, -0.2) is 0 Å². The Balaban J connectivity index is -0.000000177. The molecule has 1 unspecified atom stereocenters.